The summed E-state index contributed by atoms with van der Waals surface area (Å²) in [6, 6.07) is 10.1. The van der Waals surface area contributed by atoms with Crippen molar-refractivity contribution < 1.29 is 23.4 Å². The standard InChI is InChI=1S/C22H18O6/c23-17(13-5-8-19-21(9-13)27-12-26-19)11-25-14-6-7-16-20(10-14)28-18-4-2-1-3-15(18)22(16)24/h5-10H,1-4,11-12H2. The number of ketones is 1. The summed E-state index contributed by atoms with van der Waals surface area (Å²) in [4.78, 5) is 25.1. The van der Waals surface area contributed by atoms with Gasteiger partial charge >= 0.3 is 0 Å². The molecule has 0 saturated heterocycles. The van der Waals surface area contributed by atoms with Crippen LogP contribution in [0.25, 0.3) is 11.0 Å². The van der Waals surface area contributed by atoms with E-state index in [9.17, 15) is 9.59 Å². The summed E-state index contributed by atoms with van der Waals surface area (Å²) in [5.41, 5.74) is 1.83. The smallest absolute Gasteiger partial charge is 0.231 e. The number of aryl methyl sites for hydroxylation is 1. The first-order valence-corrected chi connectivity index (χ1v) is 9.33. The third-order valence-corrected chi connectivity index (χ3v) is 5.19. The quantitative estimate of drug-likeness (QED) is 0.645. The Morgan fingerprint density at radius 2 is 1.86 bits per heavy atom. The first-order valence-electron chi connectivity index (χ1n) is 9.33. The van der Waals surface area contributed by atoms with Gasteiger partial charge in [-0.1, -0.05) is 0 Å². The molecule has 0 saturated carbocycles. The van der Waals surface area contributed by atoms with Crippen molar-refractivity contribution >= 4 is 16.8 Å². The normalized spacial score (nSPS) is 14.7. The summed E-state index contributed by atoms with van der Waals surface area (Å²) < 4.78 is 22.2. The molecular formula is C22H18O6. The van der Waals surface area contributed by atoms with Crippen molar-refractivity contribution in [2.45, 2.75) is 25.7 Å². The molecule has 0 bridgehead atoms. The molecule has 0 radical (unpaired) electrons. The van der Waals surface area contributed by atoms with E-state index in [-0.39, 0.29) is 24.6 Å². The van der Waals surface area contributed by atoms with Crippen molar-refractivity contribution in [3.05, 3.63) is 63.5 Å². The van der Waals surface area contributed by atoms with Crippen LogP contribution in [0.4, 0.5) is 0 Å². The summed E-state index contributed by atoms with van der Waals surface area (Å²) in [6.07, 6.45) is 3.61. The van der Waals surface area contributed by atoms with Gasteiger partial charge in [0, 0.05) is 23.6 Å². The average Bonchev–Trinajstić information content (AvgIpc) is 3.20. The Hall–Kier alpha value is -3.28. The third kappa shape index (κ3) is 2.91. The summed E-state index contributed by atoms with van der Waals surface area (Å²) in [5, 5.41) is 0.551. The molecule has 28 heavy (non-hydrogen) atoms. The second kappa shape index (κ2) is 6.71. The lowest BCUT2D eigenvalue weighted by Crippen LogP contribution is -2.16. The molecule has 0 spiro atoms. The van der Waals surface area contributed by atoms with Crippen LogP contribution in [0.5, 0.6) is 17.2 Å². The average molecular weight is 378 g/mol. The summed E-state index contributed by atoms with van der Waals surface area (Å²) >= 11 is 0. The van der Waals surface area contributed by atoms with Crippen LogP contribution in [0.15, 0.2) is 45.6 Å². The first kappa shape index (κ1) is 16.9. The van der Waals surface area contributed by atoms with Gasteiger partial charge in [0.25, 0.3) is 0 Å². The zero-order valence-electron chi connectivity index (χ0n) is 15.2. The molecule has 142 valence electrons. The van der Waals surface area contributed by atoms with Gasteiger partial charge in [-0.15, -0.1) is 0 Å². The van der Waals surface area contributed by atoms with Gasteiger partial charge < -0.3 is 18.6 Å². The Morgan fingerprint density at radius 1 is 1.00 bits per heavy atom. The Kier molecular flexibility index (Phi) is 4.04. The van der Waals surface area contributed by atoms with Crippen LogP contribution in [0, 0.1) is 0 Å². The molecule has 5 rings (SSSR count). The van der Waals surface area contributed by atoms with Crippen molar-refractivity contribution in [2.24, 2.45) is 0 Å². The molecule has 1 aliphatic heterocycles. The number of carbonyl (C=O) groups excluding carboxylic acids is 1. The Labute approximate surface area is 160 Å². The third-order valence-electron chi connectivity index (χ3n) is 5.19. The first-order chi connectivity index (χ1) is 13.7. The van der Waals surface area contributed by atoms with Gasteiger partial charge in [-0.3, -0.25) is 9.59 Å². The maximum absolute atomic E-state index is 12.7. The molecule has 2 aliphatic rings. The van der Waals surface area contributed by atoms with Gasteiger partial charge in [-0.05, 0) is 49.6 Å². The second-order valence-corrected chi connectivity index (χ2v) is 6.98. The molecule has 6 nitrogen and oxygen atoms in total. The highest BCUT2D eigenvalue weighted by atomic mass is 16.7. The number of carbonyl (C=O) groups is 1. The fraction of sp³-hybridized carbons (Fsp3) is 0.273. The van der Waals surface area contributed by atoms with Crippen molar-refractivity contribution in [1.29, 1.82) is 0 Å². The van der Waals surface area contributed by atoms with Crippen LogP contribution in [-0.2, 0) is 12.8 Å². The molecule has 2 heterocycles. The van der Waals surface area contributed by atoms with Gasteiger partial charge in [0.1, 0.15) is 17.1 Å². The molecular weight excluding hydrogens is 360 g/mol. The van der Waals surface area contributed by atoms with Gasteiger partial charge in [0.2, 0.25) is 6.79 Å². The van der Waals surface area contributed by atoms with E-state index >= 15 is 0 Å². The minimum Gasteiger partial charge on any atom is -0.485 e. The predicted molar refractivity (Wildman–Crippen MR) is 102 cm³/mol. The lowest BCUT2D eigenvalue weighted by molar-refractivity contribution is 0.0921. The molecule has 3 aromatic rings. The van der Waals surface area contributed by atoms with Gasteiger partial charge in [0.15, 0.2) is 29.3 Å². The van der Waals surface area contributed by atoms with Crippen molar-refractivity contribution in [1.82, 2.24) is 0 Å². The zero-order valence-corrected chi connectivity index (χ0v) is 15.2. The lowest BCUT2D eigenvalue weighted by atomic mass is 9.96. The molecule has 0 amide bonds. The van der Waals surface area contributed by atoms with Crippen molar-refractivity contribution in [3.63, 3.8) is 0 Å². The molecule has 6 heteroatoms. The van der Waals surface area contributed by atoms with E-state index in [0.717, 1.165) is 37.0 Å². The predicted octanol–water partition coefficient (Wildman–Crippen LogP) is 3.66. The number of rotatable bonds is 4. The van der Waals surface area contributed by atoms with E-state index in [1.54, 1.807) is 36.4 Å². The summed E-state index contributed by atoms with van der Waals surface area (Å²) in [5.74, 6) is 2.27. The molecule has 0 unspecified atom stereocenters. The summed E-state index contributed by atoms with van der Waals surface area (Å²) in [6.45, 7) is 0.0375. The number of fused-ring (bicyclic) bond motifs is 3. The fourth-order valence-electron chi connectivity index (χ4n) is 3.69. The Morgan fingerprint density at radius 3 is 2.79 bits per heavy atom. The summed E-state index contributed by atoms with van der Waals surface area (Å²) in [7, 11) is 0. The van der Waals surface area contributed by atoms with Crippen LogP contribution in [0.3, 0.4) is 0 Å². The van der Waals surface area contributed by atoms with E-state index in [2.05, 4.69) is 0 Å². The Bertz CT molecular complexity index is 1140. The number of hydrogen-bond donors (Lipinski definition) is 0. The van der Waals surface area contributed by atoms with Crippen LogP contribution >= 0.6 is 0 Å². The zero-order chi connectivity index (χ0) is 19.1. The monoisotopic (exact) mass is 378 g/mol. The maximum Gasteiger partial charge on any atom is 0.231 e. The van der Waals surface area contributed by atoms with Crippen LogP contribution < -0.4 is 19.6 Å². The number of benzene rings is 2. The van der Waals surface area contributed by atoms with E-state index in [1.165, 1.54) is 0 Å². The highest BCUT2D eigenvalue weighted by molar-refractivity contribution is 5.98. The van der Waals surface area contributed by atoms with Crippen molar-refractivity contribution in [3.8, 4) is 17.2 Å². The highest BCUT2D eigenvalue weighted by Gasteiger charge is 2.19. The van der Waals surface area contributed by atoms with E-state index in [0.29, 0.717) is 33.8 Å². The van der Waals surface area contributed by atoms with Crippen LogP contribution in [0.1, 0.15) is 34.5 Å². The highest BCUT2D eigenvalue weighted by Crippen LogP contribution is 2.32. The van der Waals surface area contributed by atoms with E-state index in [1.807, 2.05) is 0 Å². The second-order valence-electron chi connectivity index (χ2n) is 6.98. The van der Waals surface area contributed by atoms with E-state index < -0.39 is 0 Å². The minimum atomic E-state index is -0.176. The van der Waals surface area contributed by atoms with Gasteiger partial charge in [-0.25, -0.2) is 0 Å². The topological polar surface area (TPSA) is 75.0 Å². The fourth-order valence-corrected chi connectivity index (χ4v) is 3.69. The largest absolute Gasteiger partial charge is 0.485 e. The van der Waals surface area contributed by atoms with E-state index in [4.69, 9.17) is 18.6 Å². The molecule has 0 fully saturated rings. The van der Waals surface area contributed by atoms with Gasteiger partial charge in [0.05, 0.1) is 5.39 Å². The molecule has 0 atom stereocenters. The number of ether oxygens (including phenoxy) is 3. The minimum absolute atomic E-state index is 0.0407. The van der Waals surface area contributed by atoms with Crippen LogP contribution in [-0.4, -0.2) is 19.2 Å². The van der Waals surface area contributed by atoms with Gasteiger partial charge in [-0.2, -0.15) is 0 Å². The molecule has 1 aromatic heterocycles. The SMILES string of the molecule is O=C(COc1ccc2c(=O)c3c(oc2c1)CCCC3)c1ccc2c(c1)OCO2. The lowest BCUT2D eigenvalue weighted by Gasteiger charge is -2.14. The van der Waals surface area contributed by atoms with Crippen LogP contribution in [0.2, 0.25) is 0 Å². The number of hydrogen-bond acceptors (Lipinski definition) is 6. The molecule has 0 N–H and O–H groups in total. The molecule has 1 aliphatic carbocycles. The number of Topliss-reactive ketones (excluding diaryl/α,β-unsaturated/α-hetero) is 1. The Balaban J connectivity index is 1.36. The molecule has 2 aromatic carbocycles. The maximum atomic E-state index is 12.7. The van der Waals surface area contributed by atoms with Crippen molar-refractivity contribution in [2.75, 3.05) is 13.4 Å².